The number of piperazine rings is 1. The van der Waals surface area contributed by atoms with Gasteiger partial charge in [0.2, 0.25) is 0 Å². The summed E-state index contributed by atoms with van der Waals surface area (Å²) >= 11 is 0. The van der Waals surface area contributed by atoms with Crippen molar-refractivity contribution in [1.29, 1.82) is 0 Å². The fourth-order valence-electron chi connectivity index (χ4n) is 3.60. The van der Waals surface area contributed by atoms with Crippen molar-refractivity contribution in [3.05, 3.63) is 60.3 Å². The van der Waals surface area contributed by atoms with E-state index in [2.05, 4.69) is 33.0 Å². The number of aromatic nitrogens is 1. The van der Waals surface area contributed by atoms with E-state index in [-0.39, 0.29) is 0 Å². The Morgan fingerprint density at radius 1 is 1.04 bits per heavy atom. The molecular formula is C21H25N3O2. The zero-order valence-corrected chi connectivity index (χ0v) is 15.1. The lowest BCUT2D eigenvalue weighted by Gasteiger charge is -2.37. The van der Waals surface area contributed by atoms with Crippen LogP contribution < -0.4 is 9.64 Å². The van der Waals surface area contributed by atoms with E-state index in [4.69, 9.17) is 4.74 Å². The molecule has 0 saturated carbocycles. The van der Waals surface area contributed by atoms with Crippen LogP contribution in [0.5, 0.6) is 5.75 Å². The number of nitrogens with one attached hydrogen (secondary N) is 1. The quantitative estimate of drug-likeness (QED) is 0.742. The minimum atomic E-state index is -0.463. The van der Waals surface area contributed by atoms with Gasteiger partial charge in [-0.1, -0.05) is 12.1 Å². The maximum Gasteiger partial charge on any atom is 0.119 e. The van der Waals surface area contributed by atoms with Crippen LogP contribution in [0.2, 0.25) is 0 Å². The summed E-state index contributed by atoms with van der Waals surface area (Å²) in [5.74, 6) is 0.884. The molecule has 2 heterocycles. The molecule has 2 N–H and O–H groups in total. The van der Waals surface area contributed by atoms with Gasteiger partial charge in [-0.15, -0.1) is 0 Å². The first-order chi connectivity index (χ1) is 12.7. The predicted octanol–water partition coefficient (Wildman–Crippen LogP) is 3.03. The van der Waals surface area contributed by atoms with Crippen molar-refractivity contribution in [2.75, 3.05) is 44.7 Å². The van der Waals surface area contributed by atoms with Crippen LogP contribution >= 0.6 is 0 Å². The van der Waals surface area contributed by atoms with Gasteiger partial charge >= 0.3 is 0 Å². The van der Waals surface area contributed by atoms with Crippen LogP contribution in [0.4, 0.5) is 5.69 Å². The number of aliphatic hydroxyl groups excluding tert-OH is 1. The number of methoxy groups -OCH3 is 1. The Bertz CT molecular complexity index is 851. The zero-order valence-electron chi connectivity index (χ0n) is 15.1. The van der Waals surface area contributed by atoms with Crippen molar-refractivity contribution in [2.24, 2.45) is 0 Å². The van der Waals surface area contributed by atoms with Crippen molar-refractivity contribution in [1.82, 2.24) is 9.88 Å². The molecule has 2 aromatic carbocycles. The molecule has 1 aromatic heterocycles. The summed E-state index contributed by atoms with van der Waals surface area (Å²) in [4.78, 5) is 7.93. The lowest BCUT2D eigenvalue weighted by Crippen LogP contribution is -2.47. The van der Waals surface area contributed by atoms with Gasteiger partial charge in [0.1, 0.15) is 5.75 Å². The first-order valence-electron chi connectivity index (χ1n) is 9.09. The van der Waals surface area contributed by atoms with Crippen molar-refractivity contribution < 1.29 is 9.84 Å². The average molecular weight is 351 g/mol. The molecule has 3 aromatic rings. The van der Waals surface area contributed by atoms with E-state index in [1.54, 1.807) is 7.11 Å². The Kier molecular flexibility index (Phi) is 4.82. The molecule has 26 heavy (non-hydrogen) atoms. The van der Waals surface area contributed by atoms with Gasteiger partial charge in [0.25, 0.3) is 0 Å². The highest BCUT2D eigenvalue weighted by Gasteiger charge is 2.20. The Hall–Kier alpha value is -2.50. The number of fused-ring (bicyclic) bond motifs is 1. The summed E-state index contributed by atoms with van der Waals surface area (Å²) in [5.41, 5.74) is 3.27. The second-order valence-electron chi connectivity index (χ2n) is 6.83. The number of hydrogen-bond donors (Lipinski definition) is 2. The number of ether oxygens (including phenoxy) is 1. The van der Waals surface area contributed by atoms with Crippen LogP contribution in [-0.2, 0) is 0 Å². The van der Waals surface area contributed by atoms with E-state index in [1.165, 1.54) is 11.1 Å². The topological polar surface area (TPSA) is 51.7 Å². The van der Waals surface area contributed by atoms with Crippen molar-refractivity contribution >= 4 is 16.6 Å². The summed E-state index contributed by atoms with van der Waals surface area (Å²) in [5, 5.41) is 11.8. The smallest absolute Gasteiger partial charge is 0.119 e. The van der Waals surface area contributed by atoms with Gasteiger partial charge in [0.15, 0.2) is 0 Å². The third-order valence-electron chi connectivity index (χ3n) is 5.20. The second kappa shape index (κ2) is 7.40. The Morgan fingerprint density at radius 3 is 2.54 bits per heavy atom. The number of nitrogens with zero attached hydrogens (tertiary/aromatic N) is 2. The molecular weight excluding hydrogens is 326 g/mol. The van der Waals surface area contributed by atoms with Crippen molar-refractivity contribution in [2.45, 2.75) is 6.10 Å². The fraction of sp³-hybridized carbons (Fsp3) is 0.333. The highest BCUT2D eigenvalue weighted by atomic mass is 16.5. The molecule has 0 bridgehead atoms. The van der Waals surface area contributed by atoms with Gasteiger partial charge in [-0.05, 0) is 47.3 Å². The third kappa shape index (κ3) is 3.54. The number of rotatable bonds is 5. The molecule has 136 valence electrons. The third-order valence-corrected chi connectivity index (χ3v) is 5.20. The summed E-state index contributed by atoms with van der Waals surface area (Å²) in [6.07, 6.45) is 1.47. The van der Waals surface area contributed by atoms with Crippen LogP contribution in [0.3, 0.4) is 0 Å². The number of H-pyrrole nitrogens is 1. The molecule has 0 radical (unpaired) electrons. The number of anilines is 1. The monoisotopic (exact) mass is 351 g/mol. The average Bonchev–Trinajstić information content (AvgIpc) is 3.16. The lowest BCUT2D eigenvalue weighted by atomic mass is 10.1. The molecule has 0 spiro atoms. The molecule has 0 unspecified atom stereocenters. The molecule has 4 rings (SSSR count). The van der Waals surface area contributed by atoms with Crippen molar-refractivity contribution in [3.8, 4) is 5.75 Å². The first-order valence-corrected chi connectivity index (χ1v) is 9.09. The highest BCUT2D eigenvalue weighted by molar-refractivity contribution is 5.79. The van der Waals surface area contributed by atoms with Crippen molar-refractivity contribution in [3.63, 3.8) is 0 Å². The number of aromatic amines is 1. The molecule has 1 aliphatic rings. The first kappa shape index (κ1) is 16.9. The van der Waals surface area contributed by atoms with E-state index in [9.17, 15) is 5.11 Å². The number of aliphatic hydroxyl groups is 1. The van der Waals surface area contributed by atoms with Crippen LogP contribution in [0, 0.1) is 0 Å². The standard InChI is InChI=1S/C21H25N3O2/c1-26-19-6-4-18(5-7-19)24-12-10-23(11-13-24)15-21(25)17-3-2-16-8-9-22-20(16)14-17/h2-9,14,21-22,25H,10-13,15H2,1H3/t21-/m1/s1. The highest BCUT2D eigenvalue weighted by Crippen LogP contribution is 2.23. The number of β-amino-alcohol motifs (C(OH)–C–C–N with tert-alkyl or cyclic N) is 1. The minimum absolute atomic E-state index is 0.463. The van der Waals surface area contributed by atoms with E-state index in [0.717, 1.165) is 43.0 Å². The molecule has 1 fully saturated rings. The second-order valence-corrected chi connectivity index (χ2v) is 6.83. The van der Waals surface area contributed by atoms with E-state index >= 15 is 0 Å². The van der Waals surface area contributed by atoms with Crippen LogP contribution in [0.1, 0.15) is 11.7 Å². The van der Waals surface area contributed by atoms with Crippen LogP contribution in [-0.4, -0.2) is 54.8 Å². The Labute approximate surface area is 153 Å². The van der Waals surface area contributed by atoms with Gasteiger partial charge in [0.05, 0.1) is 13.2 Å². The molecule has 0 amide bonds. The molecule has 5 nitrogen and oxygen atoms in total. The van der Waals surface area contributed by atoms with Gasteiger partial charge < -0.3 is 19.7 Å². The van der Waals surface area contributed by atoms with Gasteiger partial charge in [-0.3, -0.25) is 4.90 Å². The molecule has 0 aliphatic carbocycles. The number of hydrogen-bond acceptors (Lipinski definition) is 4. The normalized spacial score (nSPS) is 16.8. The molecule has 1 saturated heterocycles. The predicted molar refractivity (Wildman–Crippen MR) is 105 cm³/mol. The fourth-order valence-corrected chi connectivity index (χ4v) is 3.60. The van der Waals surface area contributed by atoms with E-state index in [1.807, 2.05) is 36.5 Å². The molecule has 1 aliphatic heterocycles. The van der Waals surface area contributed by atoms with Gasteiger partial charge in [0, 0.05) is 50.1 Å². The largest absolute Gasteiger partial charge is 0.497 e. The number of benzene rings is 2. The summed E-state index contributed by atoms with van der Waals surface area (Å²) in [6, 6.07) is 16.4. The van der Waals surface area contributed by atoms with E-state index in [0.29, 0.717) is 6.54 Å². The molecule has 5 heteroatoms. The minimum Gasteiger partial charge on any atom is -0.497 e. The van der Waals surface area contributed by atoms with Crippen LogP contribution in [0.15, 0.2) is 54.7 Å². The zero-order chi connectivity index (χ0) is 17.9. The van der Waals surface area contributed by atoms with Gasteiger partial charge in [-0.2, -0.15) is 0 Å². The SMILES string of the molecule is COc1ccc(N2CCN(C[C@@H](O)c3ccc4cc[nH]c4c3)CC2)cc1. The van der Waals surface area contributed by atoms with Crippen LogP contribution in [0.25, 0.3) is 10.9 Å². The van der Waals surface area contributed by atoms with E-state index < -0.39 is 6.10 Å². The molecule has 1 atom stereocenters. The lowest BCUT2D eigenvalue weighted by molar-refractivity contribution is 0.109. The summed E-state index contributed by atoms with van der Waals surface area (Å²) in [6.45, 7) is 4.51. The summed E-state index contributed by atoms with van der Waals surface area (Å²) in [7, 11) is 1.69. The Morgan fingerprint density at radius 2 is 1.81 bits per heavy atom. The maximum absolute atomic E-state index is 10.6. The maximum atomic E-state index is 10.6. The summed E-state index contributed by atoms with van der Waals surface area (Å²) < 4.78 is 5.22. The Balaban J connectivity index is 1.34. The van der Waals surface area contributed by atoms with Gasteiger partial charge in [-0.25, -0.2) is 0 Å².